The summed E-state index contributed by atoms with van der Waals surface area (Å²) < 4.78 is 40.8. The Balaban J connectivity index is 1.16. The van der Waals surface area contributed by atoms with Crippen molar-refractivity contribution in [3.63, 3.8) is 0 Å². The average Bonchev–Trinajstić information content (AvgIpc) is 3.98. The molecule has 8 heterocycles. The Morgan fingerprint density at radius 3 is 2.04 bits per heavy atom. The van der Waals surface area contributed by atoms with E-state index in [1.54, 1.807) is 6.07 Å². The van der Waals surface area contributed by atoms with E-state index in [-0.39, 0.29) is 0 Å². The van der Waals surface area contributed by atoms with Crippen molar-refractivity contribution >= 4 is 65.2 Å². The normalized spacial score (nSPS) is 17.4. The van der Waals surface area contributed by atoms with E-state index in [4.69, 9.17) is 0 Å². The molecule has 0 saturated heterocycles. The van der Waals surface area contributed by atoms with Crippen LogP contribution in [0.5, 0.6) is 0 Å². The van der Waals surface area contributed by atoms with E-state index in [1.165, 1.54) is 54.7 Å². The predicted molar refractivity (Wildman–Crippen MR) is 204 cm³/mol. The van der Waals surface area contributed by atoms with Crippen molar-refractivity contribution in [2.24, 2.45) is 0 Å². The molecule has 0 fully saturated rings. The summed E-state index contributed by atoms with van der Waals surface area (Å²) in [5.74, 6) is 1.09. The molecule has 0 N–H and O–H groups in total. The van der Waals surface area contributed by atoms with Gasteiger partial charge in [-0.25, -0.2) is 0 Å². The van der Waals surface area contributed by atoms with Crippen LogP contribution < -0.4 is 18.2 Å². The van der Waals surface area contributed by atoms with E-state index in [9.17, 15) is 7.67 Å². The monoisotopic (exact) mass is 747 g/mol. The molecule has 7 nitrogen and oxygen atoms in total. The maximum absolute atomic E-state index is 13.9. The predicted octanol–water partition coefficient (Wildman–Crippen LogP) is 6.55. The van der Waals surface area contributed by atoms with Crippen LogP contribution in [0, 0.1) is 0 Å². The van der Waals surface area contributed by atoms with E-state index in [1.807, 2.05) is 30.3 Å². The Labute approximate surface area is 303 Å². The van der Waals surface area contributed by atoms with Gasteiger partial charge in [0.25, 0.3) is 0 Å². The Hall–Kier alpha value is -6.60. The molecule has 246 valence electrons. The fraction of sp³-hybridized carbons (Fsp3) is 0.0222. The van der Waals surface area contributed by atoms with Gasteiger partial charge in [-0.1, -0.05) is 24.3 Å². The van der Waals surface area contributed by atoms with Gasteiger partial charge in [0.1, 0.15) is 0 Å². The summed E-state index contributed by atoms with van der Waals surface area (Å²) in [5.41, 5.74) is 12.2. The summed E-state index contributed by atoms with van der Waals surface area (Å²) in [7, 11) is 0. The zero-order valence-electron chi connectivity index (χ0n) is 27.9. The molecule has 1 unspecified atom stereocenters. The summed E-state index contributed by atoms with van der Waals surface area (Å²) in [4.78, 5) is 0. The first-order valence-corrected chi connectivity index (χ1v) is 21.0. The van der Waals surface area contributed by atoms with Crippen LogP contribution in [0.25, 0.3) is 83.1 Å². The third kappa shape index (κ3) is 2.75. The molecule has 14 rings (SSSR count). The van der Waals surface area contributed by atoms with Crippen LogP contribution in [0.2, 0.25) is 0 Å². The SMILES string of the molecule is O=[Se]1(=O)c2ccccc2-c2ccc(-c3cn4[n+](c3)C35c6c-4ccc4c7ccccc7n(c64)-c4ccc6c7ccccc7n(c6c43)-c3cccc[n+]35)cc21. The van der Waals surface area contributed by atoms with Crippen LogP contribution in [-0.2, 0) is 13.3 Å². The van der Waals surface area contributed by atoms with Crippen LogP contribution in [0.1, 0.15) is 11.1 Å². The van der Waals surface area contributed by atoms with Crippen molar-refractivity contribution in [2.45, 2.75) is 5.66 Å². The summed E-state index contributed by atoms with van der Waals surface area (Å²) >= 11 is -4.57. The number of benzene rings is 6. The summed E-state index contributed by atoms with van der Waals surface area (Å²) in [6.07, 6.45) is 6.66. The van der Waals surface area contributed by atoms with Crippen molar-refractivity contribution < 1.29 is 16.9 Å². The maximum atomic E-state index is 13.9. The second-order valence-corrected chi connectivity index (χ2v) is 18.6. The van der Waals surface area contributed by atoms with Gasteiger partial charge in [-0.3, -0.25) is 0 Å². The molecule has 0 bridgehead atoms. The molecule has 53 heavy (non-hydrogen) atoms. The molecular formula is C45H25N5O2Se+2. The standard InChI is InChI=1S/C45H25N5O2Se/c51-53(52)38-14-6-3-11-30(38)31-17-16-26(23-39(31)53)27-24-47-36-20-18-32-28-9-1-4-12-34(28)49-37-21-19-33-29-10-2-5-13-35(29)50-40-15-7-8-22-46(40)45(48(47)25-27,41(36)43(32)49)42(37)44(33)50/h1-25H/q+2. The Morgan fingerprint density at radius 2 is 1.21 bits per heavy atom. The topological polar surface area (TPSA) is 56.7 Å². The number of para-hydroxylation sites is 2. The fourth-order valence-corrected chi connectivity index (χ4v) is 14.0. The minimum absolute atomic E-state index is 0.438. The molecule has 4 aliphatic rings. The molecule has 1 atom stereocenters. The number of fused-ring (bicyclic) bond motifs is 14. The van der Waals surface area contributed by atoms with Gasteiger partial charge in [-0.2, -0.15) is 0 Å². The first-order chi connectivity index (χ1) is 26.1. The summed E-state index contributed by atoms with van der Waals surface area (Å²) in [6, 6.07) is 46.5. The Kier molecular flexibility index (Phi) is 4.37. The fourth-order valence-electron chi connectivity index (χ4n) is 10.4. The molecule has 0 aliphatic carbocycles. The van der Waals surface area contributed by atoms with Crippen LogP contribution in [-0.4, -0.2) is 26.5 Å². The second kappa shape index (κ2) is 8.54. The summed E-state index contributed by atoms with van der Waals surface area (Å²) in [6.45, 7) is 0. The Morgan fingerprint density at radius 1 is 0.547 bits per heavy atom. The van der Waals surface area contributed by atoms with Gasteiger partial charge in [-0.05, 0) is 0 Å². The van der Waals surface area contributed by atoms with Gasteiger partial charge in [-0.15, -0.1) is 0 Å². The van der Waals surface area contributed by atoms with E-state index < -0.39 is 18.4 Å². The Bertz CT molecular complexity index is 3550. The molecule has 10 aromatic rings. The molecule has 0 amide bonds. The van der Waals surface area contributed by atoms with Crippen molar-refractivity contribution in [1.29, 1.82) is 0 Å². The van der Waals surface area contributed by atoms with Gasteiger partial charge in [0.05, 0.1) is 0 Å². The van der Waals surface area contributed by atoms with E-state index in [0.717, 1.165) is 39.4 Å². The van der Waals surface area contributed by atoms with Crippen molar-refractivity contribution in [2.75, 3.05) is 0 Å². The van der Waals surface area contributed by atoms with Crippen LogP contribution in [0.15, 0.2) is 152 Å². The van der Waals surface area contributed by atoms with Gasteiger partial charge >= 0.3 is 280 Å². The third-order valence-electron chi connectivity index (χ3n) is 12.4. The average molecular weight is 747 g/mol. The number of rotatable bonds is 1. The molecule has 0 saturated carbocycles. The molecule has 4 aliphatic heterocycles. The summed E-state index contributed by atoms with van der Waals surface area (Å²) in [5, 5.41) is 4.90. The molecule has 1 spiro atoms. The minimum atomic E-state index is -4.57. The van der Waals surface area contributed by atoms with Crippen molar-refractivity contribution in [1.82, 2.24) is 13.8 Å². The quantitative estimate of drug-likeness (QED) is 0.142. The first kappa shape index (κ1) is 27.1. The van der Waals surface area contributed by atoms with Crippen LogP contribution in [0.3, 0.4) is 0 Å². The number of hydrogen-bond acceptors (Lipinski definition) is 2. The van der Waals surface area contributed by atoms with Gasteiger partial charge in [0, 0.05) is 0 Å². The molecule has 0 radical (unpaired) electrons. The molecule has 8 heteroatoms. The van der Waals surface area contributed by atoms with E-state index in [0.29, 0.717) is 8.92 Å². The van der Waals surface area contributed by atoms with Gasteiger partial charge in [0.2, 0.25) is 0 Å². The number of nitrogens with zero attached hydrogens (tertiary/aromatic N) is 5. The van der Waals surface area contributed by atoms with Crippen LogP contribution in [0.4, 0.5) is 0 Å². The number of hydrogen-bond donors (Lipinski definition) is 0. The molecule has 4 aromatic heterocycles. The van der Waals surface area contributed by atoms with E-state index >= 15 is 0 Å². The van der Waals surface area contributed by atoms with Crippen LogP contribution >= 0.6 is 0 Å². The first-order valence-electron chi connectivity index (χ1n) is 17.9. The van der Waals surface area contributed by atoms with E-state index in [2.05, 4.69) is 139 Å². The zero-order chi connectivity index (χ0) is 34.5. The van der Waals surface area contributed by atoms with Crippen molar-refractivity contribution in [3.8, 4) is 39.4 Å². The molecule has 6 aromatic carbocycles. The van der Waals surface area contributed by atoms with Gasteiger partial charge < -0.3 is 0 Å². The number of pyridine rings is 1. The number of aromatic nitrogens is 5. The van der Waals surface area contributed by atoms with Gasteiger partial charge in [0.15, 0.2) is 0 Å². The second-order valence-electron chi connectivity index (χ2n) is 14.6. The molecular weight excluding hydrogens is 721 g/mol. The van der Waals surface area contributed by atoms with Crippen molar-refractivity contribution in [3.05, 3.63) is 163 Å². The zero-order valence-corrected chi connectivity index (χ0v) is 29.6. The third-order valence-corrected chi connectivity index (χ3v) is 16.3.